The van der Waals surface area contributed by atoms with E-state index in [-0.39, 0.29) is 5.60 Å². The molecule has 4 bridgehead atoms. The van der Waals surface area contributed by atoms with Gasteiger partial charge in [0.2, 0.25) is 0 Å². The SMILES string of the molecule is CCCC1CC1(O)CC12CC3CC(CC(C3)C1)C2. The molecule has 2 atom stereocenters. The predicted octanol–water partition coefficient (Wildman–Crippen LogP) is 4.14. The smallest absolute Gasteiger partial charge is 0.0685 e. The molecule has 0 aliphatic heterocycles. The van der Waals surface area contributed by atoms with Crippen molar-refractivity contribution in [1.29, 1.82) is 0 Å². The topological polar surface area (TPSA) is 20.2 Å². The molecule has 1 nitrogen and oxygen atoms in total. The van der Waals surface area contributed by atoms with E-state index in [0.29, 0.717) is 11.3 Å². The monoisotopic (exact) mass is 248 g/mol. The van der Waals surface area contributed by atoms with Crippen LogP contribution in [0, 0.1) is 29.1 Å². The van der Waals surface area contributed by atoms with Crippen LogP contribution in [0.3, 0.4) is 0 Å². The first-order valence-corrected chi connectivity index (χ1v) is 8.33. The van der Waals surface area contributed by atoms with Crippen molar-refractivity contribution in [3.05, 3.63) is 0 Å². The first-order valence-electron chi connectivity index (χ1n) is 8.33. The van der Waals surface area contributed by atoms with Crippen molar-refractivity contribution in [2.75, 3.05) is 0 Å². The van der Waals surface area contributed by atoms with E-state index < -0.39 is 0 Å². The van der Waals surface area contributed by atoms with Crippen LogP contribution in [0.15, 0.2) is 0 Å². The van der Waals surface area contributed by atoms with Crippen LogP contribution in [0.25, 0.3) is 0 Å². The molecule has 5 aliphatic rings. The third kappa shape index (κ3) is 1.77. The minimum atomic E-state index is -0.234. The molecule has 18 heavy (non-hydrogen) atoms. The zero-order valence-corrected chi connectivity index (χ0v) is 11.8. The zero-order chi connectivity index (χ0) is 12.4. The summed E-state index contributed by atoms with van der Waals surface area (Å²) in [6.07, 6.45) is 13.7. The van der Waals surface area contributed by atoms with E-state index in [9.17, 15) is 5.11 Å². The highest BCUT2D eigenvalue weighted by Gasteiger charge is 2.59. The first-order chi connectivity index (χ1) is 8.61. The molecule has 0 spiro atoms. The molecule has 5 fully saturated rings. The molecule has 0 radical (unpaired) electrons. The van der Waals surface area contributed by atoms with Crippen LogP contribution in [0.5, 0.6) is 0 Å². The molecule has 5 rings (SSSR count). The lowest BCUT2D eigenvalue weighted by molar-refractivity contribution is -0.0832. The normalized spacial score (nSPS) is 57.0. The van der Waals surface area contributed by atoms with Crippen molar-refractivity contribution in [3.8, 4) is 0 Å². The summed E-state index contributed by atoms with van der Waals surface area (Å²) in [6, 6.07) is 0. The third-order valence-electron chi connectivity index (χ3n) is 6.68. The average molecular weight is 248 g/mol. The Morgan fingerprint density at radius 2 is 1.50 bits per heavy atom. The number of rotatable bonds is 4. The lowest BCUT2D eigenvalue weighted by Gasteiger charge is -2.57. The van der Waals surface area contributed by atoms with E-state index >= 15 is 0 Å². The molecule has 0 aromatic rings. The van der Waals surface area contributed by atoms with Gasteiger partial charge in [-0.2, -0.15) is 0 Å². The van der Waals surface area contributed by atoms with Gasteiger partial charge in [-0.25, -0.2) is 0 Å². The lowest BCUT2D eigenvalue weighted by Crippen LogP contribution is -2.47. The van der Waals surface area contributed by atoms with Crippen LogP contribution >= 0.6 is 0 Å². The molecular weight excluding hydrogens is 220 g/mol. The standard InChI is InChI=1S/C17H28O/c1-2-3-15-10-17(15,18)11-16-7-12-4-13(8-16)6-14(5-12)9-16/h12-15,18H,2-11H2,1H3. The zero-order valence-electron chi connectivity index (χ0n) is 11.8. The van der Waals surface area contributed by atoms with Gasteiger partial charge in [-0.1, -0.05) is 13.3 Å². The van der Waals surface area contributed by atoms with Crippen LogP contribution in [0.2, 0.25) is 0 Å². The molecule has 5 saturated carbocycles. The van der Waals surface area contributed by atoms with E-state index in [1.807, 2.05) is 0 Å². The van der Waals surface area contributed by atoms with Gasteiger partial charge in [0.05, 0.1) is 5.60 Å². The molecule has 1 heteroatoms. The largest absolute Gasteiger partial charge is 0.390 e. The van der Waals surface area contributed by atoms with Gasteiger partial charge in [-0.15, -0.1) is 0 Å². The number of hydrogen-bond acceptors (Lipinski definition) is 1. The number of aliphatic hydroxyl groups is 1. The van der Waals surface area contributed by atoms with Crippen molar-refractivity contribution >= 4 is 0 Å². The summed E-state index contributed by atoms with van der Waals surface area (Å²) in [6.45, 7) is 2.25. The van der Waals surface area contributed by atoms with Crippen molar-refractivity contribution in [3.63, 3.8) is 0 Å². The maximum Gasteiger partial charge on any atom is 0.0685 e. The third-order valence-corrected chi connectivity index (χ3v) is 6.68. The predicted molar refractivity (Wildman–Crippen MR) is 73.2 cm³/mol. The Morgan fingerprint density at radius 1 is 0.944 bits per heavy atom. The summed E-state index contributed by atoms with van der Waals surface area (Å²) in [7, 11) is 0. The molecule has 5 aliphatic carbocycles. The Labute approximate surface area is 111 Å². The van der Waals surface area contributed by atoms with Crippen LogP contribution in [0.4, 0.5) is 0 Å². The maximum absolute atomic E-state index is 10.8. The minimum Gasteiger partial charge on any atom is -0.390 e. The average Bonchev–Trinajstić information content (AvgIpc) is 2.85. The highest BCUT2D eigenvalue weighted by Crippen LogP contribution is 2.65. The summed E-state index contributed by atoms with van der Waals surface area (Å²) in [5.74, 6) is 3.74. The maximum atomic E-state index is 10.8. The lowest BCUT2D eigenvalue weighted by atomic mass is 9.48. The highest BCUT2D eigenvalue weighted by atomic mass is 16.3. The molecular formula is C17H28O. The van der Waals surface area contributed by atoms with Gasteiger partial charge in [0, 0.05) is 0 Å². The van der Waals surface area contributed by atoms with Gasteiger partial charge in [0.1, 0.15) is 0 Å². The number of hydrogen-bond donors (Lipinski definition) is 1. The van der Waals surface area contributed by atoms with Crippen LogP contribution in [0.1, 0.15) is 71.1 Å². The molecule has 0 aromatic carbocycles. The summed E-state index contributed by atoms with van der Waals surface area (Å²) in [4.78, 5) is 0. The van der Waals surface area contributed by atoms with E-state index in [1.54, 1.807) is 0 Å². The van der Waals surface area contributed by atoms with Gasteiger partial charge < -0.3 is 5.11 Å². The van der Waals surface area contributed by atoms with E-state index in [0.717, 1.165) is 30.6 Å². The van der Waals surface area contributed by atoms with Crippen molar-refractivity contribution < 1.29 is 5.11 Å². The Hall–Kier alpha value is -0.0400. The molecule has 102 valence electrons. The second kappa shape index (κ2) is 3.75. The fourth-order valence-electron chi connectivity index (χ4n) is 6.46. The van der Waals surface area contributed by atoms with E-state index in [4.69, 9.17) is 0 Å². The molecule has 1 N–H and O–H groups in total. The summed E-state index contributed by atoms with van der Waals surface area (Å²) in [5, 5.41) is 10.8. The Kier molecular flexibility index (Phi) is 2.45. The fraction of sp³-hybridized carbons (Fsp3) is 1.00. The molecule has 2 unspecified atom stereocenters. The Balaban J connectivity index is 1.48. The van der Waals surface area contributed by atoms with Gasteiger partial charge in [-0.05, 0) is 86.9 Å². The Bertz CT molecular complexity index is 312. The quantitative estimate of drug-likeness (QED) is 0.792. The van der Waals surface area contributed by atoms with Gasteiger partial charge >= 0.3 is 0 Å². The second-order valence-corrected chi connectivity index (χ2v) is 8.39. The van der Waals surface area contributed by atoms with Crippen molar-refractivity contribution in [2.24, 2.45) is 29.1 Å². The summed E-state index contributed by atoms with van der Waals surface area (Å²) in [5.41, 5.74) is 0.341. The second-order valence-electron chi connectivity index (χ2n) is 8.39. The van der Waals surface area contributed by atoms with Crippen LogP contribution in [-0.2, 0) is 0 Å². The fourth-order valence-corrected chi connectivity index (χ4v) is 6.46. The van der Waals surface area contributed by atoms with E-state index in [1.165, 1.54) is 51.4 Å². The van der Waals surface area contributed by atoms with Gasteiger partial charge in [0.25, 0.3) is 0 Å². The molecule has 0 heterocycles. The highest BCUT2D eigenvalue weighted by molar-refractivity contribution is 5.10. The van der Waals surface area contributed by atoms with Crippen molar-refractivity contribution in [2.45, 2.75) is 76.7 Å². The van der Waals surface area contributed by atoms with Crippen LogP contribution in [-0.4, -0.2) is 10.7 Å². The van der Waals surface area contributed by atoms with Gasteiger partial charge in [-0.3, -0.25) is 0 Å². The first kappa shape index (κ1) is 11.8. The molecule has 0 amide bonds. The molecule has 0 aromatic heterocycles. The summed E-state index contributed by atoms with van der Waals surface area (Å²) >= 11 is 0. The minimum absolute atomic E-state index is 0.234. The van der Waals surface area contributed by atoms with E-state index in [2.05, 4.69) is 6.92 Å². The van der Waals surface area contributed by atoms with Crippen molar-refractivity contribution in [1.82, 2.24) is 0 Å². The molecule has 0 saturated heterocycles. The van der Waals surface area contributed by atoms with Gasteiger partial charge in [0.15, 0.2) is 0 Å². The summed E-state index contributed by atoms with van der Waals surface area (Å²) < 4.78 is 0. The Morgan fingerprint density at radius 3 is 2.00 bits per heavy atom. The van der Waals surface area contributed by atoms with Crippen LogP contribution < -0.4 is 0 Å².